The first-order valence-electron chi connectivity index (χ1n) is 5.57. The Morgan fingerprint density at radius 2 is 1.95 bits per heavy atom. The zero-order chi connectivity index (χ0) is 13.2. The minimum Gasteiger partial charge on any atom is -0.244 e. The van der Waals surface area contributed by atoms with Gasteiger partial charge < -0.3 is 0 Å². The molecule has 0 saturated heterocycles. The third kappa shape index (κ3) is 2.17. The summed E-state index contributed by atoms with van der Waals surface area (Å²) in [7, 11) is 0. The number of benzene rings is 1. The van der Waals surface area contributed by atoms with Crippen molar-refractivity contribution >= 4 is 11.6 Å². The number of halogens is 1. The quantitative estimate of drug-likeness (QED) is 0.714. The van der Waals surface area contributed by atoms with Gasteiger partial charge in [0.25, 0.3) is 0 Å². The number of tetrazole rings is 1. The molecule has 7 heteroatoms. The fourth-order valence-electron chi connectivity index (χ4n) is 1.72. The second-order valence-electron chi connectivity index (χ2n) is 3.91. The zero-order valence-corrected chi connectivity index (χ0v) is 10.8. The molecule has 0 N–H and O–H groups in total. The highest BCUT2D eigenvalue weighted by molar-refractivity contribution is 6.30. The molecule has 6 nitrogen and oxygen atoms in total. The van der Waals surface area contributed by atoms with Gasteiger partial charge in [0.1, 0.15) is 6.33 Å². The van der Waals surface area contributed by atoms with Crippen molar-refractivity contribution in [3.05, 3.63) is 47.5 Å². The SMILES string of the molecule is Cc1ncncc1-c1nnnn1-c1ccc(Cl)cc1. The summed E-state index contributed by atoms with van der Waals surface area (Å²) in [5.41, 5.74) is 2.44. The lowest BCUT2D eigenvalue weighted by Gasteiger charge is -2.05. The summed E-state index contributed by atoms with van der Waals surface area (Å²) in [6, 6.07) is 7.27. The Hall–Kier alpha value is -2.34. The maximum absolute atomic E-state index is 5.87. The van der Waals surface area contributed by atoms with E-state index < -0.39 is 0 Å². The van der Waals surface area contributed by atoms with Crippen LogP contribution in [0.25, 0.3) is 17.1 Å². The van der Waals surface area contributed by atoms with Crippen LogP contribution >= 0.6 is 11.6 Å². The highest BCUT2D eigenvalue weighted by Gasteiger charge is 2.13. The van der Waals surface area contributed by atoms with Gasteiger partial charge in [0.15, 0.2) is 5.82 Å². The van der Waals surface area contributed by atoms with Gasteiger partial charge in [-0.2, -0.15) is 4.68 Å². The van der Waals surface area contributed by atoms with Crippen molar-refractivity contribution in [3.63, 3.8) is 0 Å². The normalized spacial score (nSPS) is 10.6. The van der Waals surface area contributed by atoms with Gasteiger partial charge in [-0.3, -0.25) is 0 Å². The molecule has 3 aromatic rings. The fourth-order valence-corrected chi connectivity index (χ4v) is 1.85. The minimum atomic E-state index is 0.598. The highest BCUT2D eigenvalue weighted by Crippen LogP contribution is 2.21. The molecule has 0 radical (unpaired) electrons. The molecule has 0 spiro atoms. The van der Waals surface area contributed by atoms with E-state index in [4.69, 9.17) is 11.6 Å². The number of aromatic nitrogens is 6. The van der Waals surface area contributed by atoms with Crippen LogP contribution in [-0.4, -0.2) is 30.2 Å². The minimum absolute atomic E-state index is 0.598. The van der Waals surface area contributed by atoms with E-state index in [9.17, 15) is 0 Å². The molecule has 3 rings (SSSR count). The van der Waals surface area contributed by atoms with Crippen molar-refractivity contribution in [2.45, 2.75) is 6.92 Å². The van der Waals surface area contributed by atoms with Crippen LogP contribution in [0.1, 0.15) is 5.69 Å². The Balaban J connectivity index is 2.13. The van der Waals surface area contributed by atoms with E-state index in [1.165, 1.54) is 6.33 Å². The first-order chi connectivity index (χ1) is 9.25. The van der Waals surface area contributed by atoms with Crippen LogP contribution in [0, 0.1) is 6.92 Å². The smallest absolute Gasteiger partial charge is 0.190 e. The molecule has 0 unspecified atom stereocenters. The van der Waals surface area contributed by atoms with Gasteiger partial charge in [-0.1, -0.05) is 11.6 Å². The van der Waals surface area contributed by atoms with Gasteiger partial charge in [-0.15, -0.1) is 5.10 Å². The van der Waals surface area contributed by atoms with Gasteiger partial charge >= 0.3 is 0 Å². The predicted octanol–water partition coefficient (Wildman–Crippen LogP) is 2.08. The standard InChI is InChI=1S/C12H9ClN6/c1-8-11(6-14-7-15-8)12-16-17-18-19(12)10-4-2-9(13)3-5-10/h2-7H,1H3. The monoisotopic (exact) mass is 272 g/mol. The molecule has 0 aliphatic heterocycles. The number of nitrogens with zero attached hydrogens (tertiary/aromatic N) is 6. The summed E-state index contributed by atoms with van der Waals surface area (Å²) in [5.74, 6) is 0.598. The second kappa shape index (κ2) is 4.74. The van der Waals surface area contributed by atoms with Crippen LogP contribution in [0.4, 0.5) is 0 Å². The third-order valence-corrected chi connectivity index (χ3v) is 2.95. The average molecular weight is 273 g/mol. The molecule has 0 bridgehead atoms. The molecule has 1 aromatic carbocycles. The van der Waals surface area contributed by atoms with Crippen molar-refractivity contribution in [2.75, 3.05) is 0 Å². The van der Waals surface area contributed by atoms with Gasteiger partial charge in [0.05, 0.1) is 16.9 Å². The number of rotatable bonds is 2. The molecule has 0 amide bonds. The molecule has 0 fully saturated rings. The topological polar surface area (TPSA) is 69.4 Å². The summed E-state index contributed by atoms with van der Waals surface area (Å²) < 4.78 is 1.63. The van der Waals surface area contributed by atoms with E-state index in [1.54, 1.807) is 23.0 Å². The van der Waals surface area contributed by atoms with Crippen molar-refractivity contribution in [1.29, 1.82) is 0 Å². The molecule has 19 heavy (non-hydrogen) atoms. The van der Waals surface area contributed by atoms with Crippen LogP contribution in [-0.2, 0) is 0 Å². The fraction of sp³-hybridized carbons (Fsp3) is 0.0833. The number of hydrogen-bond donors (Lipinski definition) is 0. The zero-order valence-electron chi connectivity index (χ0n) is 10.0. The lowest BCUT2D eigenvalue weighted by atomic mass is 10.2. The largest absolute Gasteiger partial charge is 0.244 e. The van der Waals surface area contributed by atoms with Gasteiger partial charge in [0.2, 0.25) is 0 Å². The van der Waals surface area contributed by atoms with E-state index in [1.807, 2.05) is 19.1 Å². The summed E-state index contributed by atoms with van der Waals surface area (Å²) in [6.45, 7) is 1.89. The highest BCUT2D eigenvalue weighted by atomic mass is 35.5. The lowest BCUT2D eigenvalue weighted by molar-refractivity contribution is 0.790. The summed E-state index contributed by atoms with van der Waals surface area (Å²) in [6.07, 6.45) is 3.19. The van der Waals surface area contributed by atoms with E-state index in [0.29, 0.717) is 10.8 Å². The first kappa shape index (κ1) is 11.7. The molecule has 0 aliphatic rings. The Labute approximate surface area is 114 Å². The van der Waals surface area contributed by atoms with Crippen LogP contribution in [0.5, 0.6) is 0 Å². The summed E-state index contributed by atoms with van der Waals surface area (Å²) in [4.78, 5) is 8.15. The Morgan fingerprint density at radius 1 is 1.16 bits per heavy atom. The molecule has 0 atom stereocenters. The first-order valence-corrected chi connectivity index (χ1v) is 5.95. The van der Waals surface area contributed by atoms with Crippen LogP contribution in [0.3, 0.4) is 0 Å². The Kier molecular flexibility index (Phi) is 2.92. The second-order valence-corrected chi connectivity index (χ2v) is 4.35. The number of aryl methyl sites for hydroxylation is 1. The van der Waals surface area contributed by atoms with Crippen LogP contribution < -0.4 is 0 Å². The molecule has 2 heterocycles. The number of hydrogen-bond acceptors (Lipinski definition) is 5. The maximum atomic E-state index is 5.87. The molecule has 2 aromatic heterocycles. The van der Waals surface area contributed by atoms with E-state index >= 15 is 0 Å². The van der Waals surface area contributed by atoms with Gasteiger partial charge in [-0.05, 0) is 41.6 Å². The van der Waals surface area contributed by atoms with Crippen molar-refractivity contribution in [3.8, 4) is 17.1 Å². The lowest BCUT2D eigenvalue weighted by Crippen LogP contribution is -2.01. The average Bonchev–Trinajstić information content (AvgIpc) is 2.89. The van der Waals surface area contributed by atoms with Crippen LogP contribution in [0.2, 0.25) is 5.02 Å². The molecule has 94 valence electrons. The van der Waals surface area contributed by atoms with E-state index in [2.05, 4.69) is 25.5 Å². The van der Waals surface area contributed by atoms with Crippen molar-refractivity contribution < 1.29 is 0 Å². The molecule has 0 saturated carbocycles. The molecular weight excluding hydrogens is 264 g/mol. The van der Waals surface area contributed by atoms with Gasteiger partial charge in [-0.25, -0.2) is 9.97 Å². The Bertz CT molecular complexity index is 706. The summed E-state index contributed by atoms with van der Waals surface area (Å²) in [5, 5.41) is 12.4. The van der Waals surface area contributed by atoms with Crippen molar-refractivity contribution in [2.24, 2.45) is 0 Å². The predicted molar refractivity (Wildman–Crippen MR) is 69.9 cm³/mol. The van der Waals surface area contributed by atoms with E-state index in [-0.39, 0.29) is 0 Å². The van der Waals surface area contributed by atoms with E-state index in [0.717, 1.165) is 16.9 Å². The summed E-state index contributed by atoms with van der Waals surface area (Å²) >= 11 is 5.87. The molecule has 0 aliphatic carbocycles. The van der Waals surface area contributed by atoms with Crippen molar-refractivity contribution in [1.82, 2.24) is 30.2 Å². The third-order valence-electron chi connectivity index (χ3n) is 2.69. The molecular formula is C12H9ClN6. The Morgan fingerprint density at radius 3 is 2.68 bits per heavy atom. The van der Waals surface area contributed by atoms with Gasteiger partial charge in [0, 0.05) is 11.2 Å². The van der Waals surface area contributed by atoms with Crippen LogP contribution in [0.15, 0.2) is 36.8 Å². The maximum Gasteiger partial charge on any atom is 0.190 e.